The van der Waals surface area contributed by atoms with Crippen molar-refractivity contribution in [2.75, 3.05) is 26.8 Å². The molecule has 0 radical (unpaired) electrons. The minimum Gasteiger partial charge on any atom is -0.395 e. The Hall–Kier alpha value is -0.160. The molecule has 2 rings (SSSR count). The van der Waals surface area contributed by atoms with Crippen molar-refractivity contribution in [2.45, 2.75) is 56.8 Å². The number of hydrogen-bond acceptors (Lipinski definition) is 4. The summed E-state index contributed by atoms with van der Waals surface area (Å²) in [6.45, 7) is 2.18. The highest BCUT2D eigenvalue weighted by molar-refractivity contribution is 4.84. The van der Waals surface area contributed by atoms with Crippen LogP contribution in [0.5, 0.6) is 0 Å². The summed E-state index contributed by atoms with van der Waals surface area (Å²) in [5.74, 6) is 0.737. The highest BCUT2D eigenvalue weighted by Gasteiger charge is 2.30. The van der Waals surface area contributed by atoms with Gasteiger partial charge in [-0.25, -0.2) is 0 Å². The second kappa shape index (κ2) is 6.85. The van der Waals surface area contributed by atoms with E-state index in [2.05, 4.69) is 4.90 Å². The van der Waals surface area contributed by atoms with Gasteiger partial charge in [-0.2, -0.15) is 0 Å². The van der Waals surface area contributed by atoms with Gasteiger partial charge in [-0.05, 0) is 44.4 Å². The van der Waals surface area contributed by atoms with E-state index in [0.717, 1.165) is 31.8 Å². The Morgan fingerprint density at radius 1 is 1.17 bits per heavy atom. The predicted molar refractivity (Wildman–Crippen MR) is 70.4 cm³/mol. The number of aliphatic hydroxyl groups excluding tert-OH is 2. The number of hydrogen-bond donors (Lipinski definition) is 2. The molecule has 1 aliphatic heterocycles. The summed E-state index contributed by atoms with van der Waals surface area (Å²) in [6, 6.07) is 0.161. The first kappa shape index (κ1) is 14.3. The number of likely N-dealkylation sites (tertiary alicyclic amines) is 1. The third-order valence-corrected chi connectivity index (χ3v) is 4.64. The molecule has 1 saturated heterocycles. The quantitative estimate of drug-likeness (QED) is 0.789. The summed E-state index contributed by atoms with van der Waals surface area (Å²) >= 11 is 0. The Morgan fingerprint density at radius 3 is 2.50 bits per heavy atom. The molecule has 106 valence electrons. The van der Waals surface area contributed by atoms with Crippen LogP contribution in [0.1, 0.15) is 38.5 Å². The van der Waals surface area contributed by atoms with Crippen LogP contribution in [0.4, 0.5) is 0 Å². The SMILES string of the molecule is COC1CCC(CN2CCC(O)CC2CO)CC1. The lowest BCUT2D eigenvalue weighted by atomic mass is 9.86. The molecule has 2 atom stereocenters. The monoisotopic (exact) mass is 257 g/mol. The zero-order valence-corrected chi connectivity index (χ0v) is 11.4. The zero-order chi connectivity index (χ0) is 13.0. The largest absolute Gasteiger partial charge is 0.395 e. The van der Waals surface area contributed by atoms with Crippen molar-refractivity contribution in [2.24, 2.45) is 5.92 Å². The molecule has 18 heavy (non-hydrogen) atoms. The topological polar surface area (TPSA) is 52.9 Å². The lowest BCUT2D eigenvalue weighted by molar-refractivity contribution is -0.00182. The number of ether oxygens (including phenoxy) is 1. The van der Waals surface area contributed by atoms with Crippen LogP contribution in [0.3, 0.4) is 0 Å². The maximum atomic E-state index is 9.65. The van der Waals surface area contributed by atoms with Crippen LogP contribution in [0.2, 0.25) is 0 Å². The van der Waals surface area contributed by atoms with Crippen molar-refractivity contribution >= 4 is 0 Å². The van der Waals surface area contributed by atoms with Crippen LogP contribution in [0, 0.1) is 5.92 Å². The Morgan fingerprint density at radius 2 is 1.89 bits per heavy atom. The van der Waals surface area contributed by atoms with Crippen molar-refractivity contribution in [3.8, 4) is 0 Å². The van der Waals surface area contributed by atoms with Gasteiger partial charge in [0.1, 0.15) is 0 Å². The molecule has 2 N–H and O–H groups in total. The zero-order valence-electron chi connectivity index (χ0n) is 11.4. The fourth-order valence-corrected chi connectivity index (χ4v) is 3.39. The van der Waals surface area contributed by atoms with Crippen LogP contribution in [0.15, 0.2) is 0 Å². The van der Waals surface area contributed by atoms with Crippen molar-refractivity contribution in [3.05, 3.63) is 0 Å². The van der Waals surface area contributed by atoms with Gasteiger partial charge in [0, 0.05) is 26.2 Å². The molecule has 0 bridgehead atoms. The number of rotatable bonds is 4. The Bertz CT molecular complexity index is 241. The van der Waals surface area contributed by atoms with Gasteiger partial charge in [0.05, 0.1) is 18.8 Å². The van der Waals surface area contributed by atoms with Crippen molar-refractivity contribution < 1.29 is 14.9 Å². The fourth-order valence-electron chi connectivity index (χ4n) is 3.39. The molecule has 1 heterocycles. The minimum absolute atomic E-state index is 0.161. The molecular formula is C14H27NO3. The number of piperidine rings is 1. The van der Waals surface area contributed by atoms with Crippen LogP contribution in [-0.2, 0) is 4.74 Å². The second-order valence-electron chi connectivity index (χ2n) is 5.89. The maximum Gasteiger partial charge on any atom is 0.0587 e. The summed E-state index contributed by atoms with van der Waals surface area (Å²) in [5.41, 5.74) is 0. The molecule has 2 unspecified atom stereocenters. The van der Waals surface area contributed by atoms with Gasteiger partial charge in [0.25, 0.3) is 0 Å². The average molecular weight is 257 g/mol. The maximum absolute atomic E-state index is 9.65. The molecule has 0 aromatic carbocycles. The second-order valence-corrected chi connectivity index (χ2v) is 5.89. The first-order valence-corrected chi connectivity index (χ1v) is 7.28. The van der Waals surface area contributed by atoms with Crippen LogP contribution in [-0.4, -0.2) is 60.2 Å². The lowest BCUT2D eigenvalue weighted by Gasteiger charge is -2.40. The van der Waals surface area contributed by atoms with Gasteiger partial charge in [-0.15, -0.1) is 0 Å². The minimum atomic E-state index is -0.220. The number of aliphatic hydroxyl groups is 2. The molecule has 0 aromatic rings. The molecular weight excluding hydrogens is 230 g/mol. The standard InChI is InChI=1S/C14H27NO3/c1-18-14-4-2-11(3-5-14)9-15-7-6-13(17)8-12(15)10-16/h11-14,16-17H,2-10H2,1H3. The molecule has 2 aliphatic rings. The molecule has 0 aromatic heterocycles. The normalized spacial score (nSPS) is 38.8. The predicted octanol–water partition coefficient (Wildman–Crippen LogP) is 1.01. The Balaban J connectivity index is 1.78. The Kier molecular flexibility index (Phi) is 5.42. The first-order valence-electron chi connectivity index (χ1n) is 7.28. The third-order valence-electron chi connectivity index (χ3n) is 4.64. The van der Waals surface area contributed by atoms with E-state index in [4.69, 9.17) is 4.74 Å². The van der Waals surface area contributed by atoms with E-state index in [0.29, 0.717) is 6.10 Å². The van der Waals surface area contributed by atoms with E-state index in [1.54, 1.807) is 7.11 Å². The van der Waals surface area contributed by atoms with E-state index in [1.807, 2.05) is 0 Å². The third kappa shape index (κ3) is 3.67. The molecule has 0 amide bonds. The molecule has 2 fully saturated rings. The number of nitrogens with zero attached hydrogens (tertiary/aromatic N) is 1. The summed E-state index contributed by atoms with van der Waals surface area (Å²) in [7, 11) is 1.80. The van der Waals surface area contributed by atoms with Gasteiger partial charge < -0.3 is 14.9 Å². The first-order chi connectivity index (χ1) is 8.72. The summed E-state index contributed by atoms with van der Waals surface area (Å²) in [6.07, 6.45) is 6.61. The van der Waals surface area contributed by atoms with Gasteiger partial charge in [0.2, 0.25) is 0 Å². The van der Waals surface area contributed by atoms with Crippen LogP contribution in [0.25, 0.3) is 0 Å². The van der Waals surface area contributed by atoms with Gasteiger partial charge in [-0.1, -0.05) is 0 Å². The molecule has 1 aliphatic carbocycles. The fraction of sp³-hybridized carbons (Fsp3) is 1.00. The van der Waals surface area contributed by atoms with Gasteiger partial charge in [0.15, 0.2) is 0 Å². The van der Waals surface area contributed by atoms with Crippen molar-refractivity contribution in [3.63, 3.8) is 0 Å². The van der Waals surface area contributed by atoms with Gasteiger partial charge >= 0.3 is 0 Å². The summed E-state index contributed by atoms with van der Waals surface area (Å²) in [4.78, 5) is 2.38. The Labute approximate surface area is 110 Å². The van der Waals surface area contributed by atoms with E-state index >= 15 is 0 Å². The highest BCUT2D eigenvalue weighted by atomic mass is 16.5. The number of methoxy groups -OCH3 is 1. The lowest BCUT2D eigenvalue weighted by Crippen LogP contribution is -2.48. The van der Waals surface area contributed by atoms with Gasteiger partial charge in [-0.3, -0.25) is 4.90 Å². The van der Waals surface area contributed by atoms with E-state index < -0.39 is 0 Å². The molecule has 1 saturated carbocycles. The molecule has 0 spiro atoms. The van der Waals surface area contributed by atoms with E-state index in [1.165, 1.54) is 25.7 Å². The van der Waals surface area contributed by atoms with E-state index in [9.17, 15) is 10.2 Å². The summed E-state index contributed by atoms with van der Waals surface area (Å²) in [5, 5.41) is 19.1. The van der Waals surface area contributed by atoms with Crippen LogP contribution < -0.4 is 0 Å². The smallest absolute Gasteiger partial charge is 0.0587 e. The van der Waals surface area contributed by atoms with Crippen molar-refractivity contribution in [1.82, 2.24) is 4.90 Å². The molecule has 4 nitrogen and oxygen atoms in total. The van der Waals surface area contributed by atoms with Crippen LogP contribution >= 0.6 is 0 Å². The summed E-state index contributed by atoms with van der Waals surface area (Å²) < 4.78 is 5.40. The van der Waals surface area contributed by atoms with E-state index in [-0.39, 0.29) is 18.8 Å². The average Bonchev–Trinajstić information content (AvgIpc) is 2.41. The highest BCUT2D eigenvalue weighted by Crippen LogP contribution is 2.28. The molecule has 4 heteroatoms. The van der Waals surface area contributed by atoms with Crippen molar-refractivity contribution in [1.29, 1.82) is 0 Å².